The summed E-state index contributed by atoms with van der Waals surface area (Å²) < 4.78 is 0. The van der Waals surface area contributed by atoms with Gasteiger partial charge >= 0.3 is 5.97 Å². The van der Waals surface area contributed by atoms with E-state index in [1.54, 1.807) is 0 Å². The lowest BCUT2D eigenvalue weighted by atomic mass is 9.98. The molecule has 1 saturated heterocycles. The number of hydrogen-bond acceptors (Lipinski definition) is 7. The van der Waals surface area contributed by atoms with Crippen LogP contribution < -0.4 is 27.8 Å². The lowest BCUT2D eigenvalue weighted by molar-refractivity contribution is -0.143. The number of rotatable bonds is 14. The van der Waals surface area contributed by atoms with Crippen LogP contribution in [0, 0.1) is 5.92 Å². The molecular weight excluding hydrogens is 448 g/mol. The number of amides is 5. The summed E-state index contributed by atoms with van der Waals surface area (Å²) in [4.78, 5) is 73.6. The predicted octanol–water partition coefficient (Wildman–Crippen LogP) is -2.06. The topological polar surface area (TPSA) is 228 Å². The first-order chi connectivity index (χ1) is 15.9. The van der Waals surface area contributed by atoms with Crippen molar-refractivity contribution in [3.8, 4) is 0 Å². The predicted molar refractivity (Wildman–Crippen MR) is 121 cm³/mol. The van der Waals surface area contributed by atoms with Crippen molar-refractivity contribution in [2.24, 2.45) is 23.1 Å². The SMILES string of the molecule is CCC(C)C(N)C(=O)N1CCCC1C(=O)NC(CCC(N)=O)C(=O)NC(CCC(N)=O)C(=O)O. The molecule has 1 aliphatic heterocycles. The zero-order chi connectivity index (χ0) is 26.0. The molecule has 1 heterocycles. The molecule has 0 radical (unpaired) electrons. The van der Waals surface area contributed by atoms with E-state index >= 15 is 0 Å². The zero-order valence-electron chi connectivity index (χ0n) is 19.6. The summed E-state index contributed by atoms with van der Waals surface area (Å²) in [5, 5.41) is 14.1. The van der Waals surface area contributed by atoms with Gasteiger partial charge in [0, 0.05) is 19.4 Å². The van der Waals surface area contributed by atoms with Gasteiger partial charge in [0.2, 0.25) is 29.5 Å². The van der Waals surface area contributed by atoms with E-state index in [0.717, 1.165) is 0 Å². The molecular formula is C21H36N6O7. The van der Waals surface area contributed by atoms with Crippen LogP contribution in [0.15, 0.2) is 0 Å². The summed E-state index contributed by atoms with van der Waals surface area (Å²) in [5.74, 6) is -4.76. The first-order valence-electron chi connectivity index (χ1n) is 11.3. The lowest BCUT2D eigenvalue weighted by Gasteiger charge is -2.30. The minimum Gasteiger partial charge on any atom is -0.480 e. The molecule has 0 spiro atoms. The van der Waals surface area contributed by atoms with Gasteiger partial charge in [-0.15, -0.1) is 0 Å². The molecule has 0 bridgehead atoms. The number of nitrogens with one attached hydrogen (secondary N) is 2. The molecule has 9 N–H and O–H groups in total. The Kier molecular flexibility index (Phi) is 11.4. The maximum atomic E-state index is 13.0. The van der Waals surface area contributed by atoms with Crippen LogP contribution in [-0.4, -0.2) is 76.2 Å². The number of carboxylic acid groups (broad SMARTS) is 1. The van der Waals surface area contributed by atoms with Crippen LogP contribution >= 0.6 is 0 Å². The number of carboxylic acids is 1. The molecule has 5 atom stereocenters. The van der Waals surface area contributed by atoms with Gasteiger partial charge in [-0.2, -0.15) is 0 Å². The molecule has 0 aliphatic carbocycles. The van der Waals surface area contributed by atoms with Gasteiger partial charge in [-0.05, 0) is 31.6 Å². The zero-order valence-corrected chi connectivity index (χ0v) is 19.6. The van der Waals surface area contributed by atoms with Crippen LogP contribution in [0.4, 0.5) is 0 Å². The fourth-order valence-corrected chi connectivity index (χ4v) is 3.63. The van der Waals surface area contributed by atoms with Crippen molar-refractivity contribution in [3.05, 3.63) is 0 Å². The molecule has 192 valence electrons. The van der Waals surface area contributed by atoms with Crippen LogP contribution in [0.1, 0.15) is 58.8 Å². The first kappa shape index (κ1) is 28.8. The standard InChI is InChI=1S/C21H36N6O7/c1-3-11(2)17(24)20(32)27-10-4-5-14(27)19(31)25-12(6-8-15(22)28)18(30)26-13(21(33)34)7-9-16(23)29/h11-14,17H,3-10,24H2,1-2H3,(H2,22,28)(H2,23,29)(H,25,31)(H,26,30)(H,33,34). The highest BCUT2D eigenvalue weighted by atomic mass is 16.4. The quantitative estimate of drug-likeness (QED) is 0.160. The molecule has 0 aromatic heterocycles. The van der Waals surface area contributed by atoms with Gasteiger partial charge in [-0.1, -0.05) is 20.3 Å². The number of aliphatic carboxylic acids is 1. The van der Waals surface area contributed by atoms with E-state index in [4.69, 9.17) is 17.2 Å². The second-order valence-electron chi connectivity index (χ2n) is 8.57. The third-order valence-corrected chi connectivity index (χ3v) is 5.99. The van der Waals surface area contributed by atoms with Crippen LogP contribution in [0.5, 0.6) is 0 Å². The highest BCUT2D eigenvalue weighted by molar-refractivity contribution is 5.94. The average Bonchev–Trinajstić information content (AvgIpc) is 3.26. The third kappa shape index (κ3) is 8.61. The Balaban J connectivity index is 2.96. The van der Waals surface area contributed by atoms with E-state index in [0.29, 0.717) is 25.8 Å². The van der Waals surface area contributed by atoms with Gasteiger partial charge in [0.25, 0.3) is 0 Å². The molecule has 5 amide bonds. The fraction of sp³-hybridized carbons (Fsp3) is 0.714. The number of nitrogens with zero attached hydrogens (tertiary/aromatic N) is 1. The normalized spacial score (nSPS) is 18.9. The van der Waals surface area contributed by atoms with Crippen LogP contribution in [-0.2, 0) is 28.8 Å². The molecule has 1 aliphatic rings. The maximum absolute atomic E-state index is 13.0. The molecule has 0 aromatic rings. The van der Waals surface area contributed by atoms with Gasteiger partial charge in [0.15, 0.2) is 0 Å². The van der Waals surface area contributed by atoms with Crippen LogP contribution in [0.25, 0.3) is 0 Å². The van der Waals surface area contributed by atoms with Gasteiger partial charge < -0.3 is 37.8 Å². The van der Waals surface area contributed by atoms with Gasteiger partial charge in [-0.25, -0.2) is 4.79 Å². The van der Waals surface area contributed by atoms with Crippen molar-refractivity contribution < 1.29 is 33.9 Å². The Morgan fingerprint density at radius 1 is 1.00 bits per heavy atom. The van der Waals surface area contributed by atoms with Crippen molar-refractivity contribution in [1.82, 2.24) is 15.5 Å². The fourth-order valence-electron chi connectivity index (χ4n) is 3.63. The largest absolute Gasteiger partial charge is 0.480 e. The highest BCUT2D eigenvalue weighted by Crippen LogP contribution is 2.21. The first-order valence-corrected chi connectivity index (χ1v) is 11.3. The Morgan fingerprint density at radius 3 is 2.06 bits per heavy atom. The maximum Gasteiger partial charge on any atom is 0.326 e. The molecule has 1 rings (SSSR count). The summed E-state index contributed by atoms with van der Waals surface area (Å²) in [5.41, 5.74) is 16.3. The molecule has 0 saturated carbocycles. The Hall–Kier alpha value is -3.22. The van der Waals surface area contributed by atoms with Crippen molar-refractivity contribution in [2.45, 2.75) is 83.0 Å². The number of hydrogen-bond donors (Lipinski definition) is 6. The second kappa shape index (κ2) is 13.5. The van der Waals surface area contributed by atoms with Crippen LogP contribution in [0.2, 0.25) is 0 Å². The number of carbonyl (C=O) groups is 6. The van der Waals surface area contributed by atoms with E-state index < -0.39 is 53.8 Å². The van der Waals surface area contributed by atoms with Gasteiger partial charge in [0.05, 0.1) is 6.04 Å². The smallest absolute Gasteiger partial charge is 0.326 e. The van der Waals surface area contributed by atoms with Gasteiger partial charge in [0.1, 0.15) is 18.1 Å². The second-order valence-corrected chi connectivity index (χ2v) is 8.57. The van der Waals surface area contributed by atoms with Crippen molar-refractivity contribution >= 4 is 35.5 Å². The number of primary amides is 2. The molecule has 13 heteroatoms. The van der Waals surface area contributed by atoms with Crippen molar-refractivity contribution in [3.63, 3.8) is 0 Å². The monoisotopic (exact) mass is 484 g/mol. The van der Waals surface area contributed by atoms with E-state index in [2.05, 4.69) is 10.6 Å². The number of carbonyl (C=O) groups excluding carboxylic acids is 5. The Bertz CT molecular complexity index is 790. The molecule has 0 aromatic carbocycles. The number of nitrogens with two attached hydrogens (primary N) is 3. The van der Waals surface area contributed by atoms with E-state index in [1.807, 2.05) is 13.8 Å². The Morgan fingerprint density at radius 2 is 1.56 bits per heavy atom. The summed E-state index contributed by atoms with van der Waals surface area (Å²) in [6.45, 7) is 4.09. The third-order valence-electron chi connectivity index (χ3n) is 5.99. The van der Waals surface area contributed by atoms with E-state index in [9.17, 15) is 33.9 Å². The minimum absolute atomic E-state index is 0.0840. The lowest BCUT2D eigenvalue weighted by Crippen LogP contribution is -2.57. The van der Waals surface area contributed by atoms with Crippen LogP contribution in [0.3, 0.4) is 0 Å². The average molecular weight is 485 g/mol. The summed E-state index contributed by atoms with van der Waals surface area (Å²) in [6, 6.07) is -4.33. The summed E-state index contributed by atoms with van der Waals surface area (Å²) in [7, 11) is 0. The van der Waals surface area contributed by atoms with Gasteiger partial charge in [-0.3, -0.25) is 24.0 Å². The molecule has 34 heavy (non-hydrogen) atoms. The summed E-state index contributed by atoms with van der Waals surface area (Å²) >= 11 is 0. The molecule has 5 unspecified atom stereocenters. The Labute approximate surface area is 198 Å². The van der Waals surface area contributed by atoms with E-state index in [1.165, 1.54) is 4.90 Å². The highest BCUT2D eigenvalue weighted by Gasteiger charge is 2.38. The van der Waals surface area contributed by atoms with Crippen molar-refractivity contribution in [2.75, 3.05) is 6.54 Å². The van der Waals surface area contributed by atoms with E-state index in [-0.39, 0.29) is 37.5 Å². The molecule has 13 nitrogen and oxygen atoms in total. The summed E-state index contributed by atoms with van der Waals surface area (Å²) in [6.07, 6.45) is 0.685. The minimum atomic E-state index is -1.42. The molecule has 1 fully saturated rings. The van der Waals surface area contributed by atoms with Crippen molar-refractivity contribution in [1.29, 1.82) is 0 Å². The number of likely N-dealkylation sites (tertiary alicyclic amines) is 1.